The van der Waals surface area contributed by atoms with Gasteiger partial charge in [-0.2, -0.15) is 9.97 Å². The smallest absolute Gasteiger partial charge is 0.326 e. The maximum Gasteiger partial charge on any atom is 0.326 e. The van der Waals surface area contributed by atoms with Crippen LogP contribution in [0.2, 0.25) is 10.0 Å². The summed E-state index contributed by atoms with van der Waals surface area (Å²) >= 11 is 12.2. The van der Waals surface area contributed by atoms with Gasteiger partial charge in [0, 0.05) is 24.4 Å². The van der Waals surface area contributed by atoms with Gasteiger partial charge >= 0.3 is 18.0 Å². The van der Waals surface area contributed by atoms with Crippen molar-refractivity contribution in [2.24, 2.45) is 0 Å². The first-order valence-corrected chi connectivity index (χ1v) is 9.98. The Labute approximate surface area is 193 Å². The number of ether oxygens (including phenoxy) is 3. The molecule has 1 aromatic carbocycles. The molecule has 0 fully saturated rings. The molecule has 0 bridgehead atoms. The van der Waals surface area contributed by atoms with Crippen molar-refractivity contribution in [1.29, 1.82) is 0 Å². The second kappa shape index (κ2) is 10.8. The van der Waals surface area contributed by atoms with Crippen LogP contribution < -0.4 is 19.5 Å². The topological polar surface area (TPSA) is 129 Å². The van der Waals surface area contributed by atoms with Gasteiger partial charge in [-0.05, 0) is 17.7 Å². The lowest BCUT2D eigenvalue weighted by atomic mass is 10.1. The van der Waals surface area contributed by atoms with Crippen molar-refractivity contribution < 1.29 is 24.1 Å². The van der Waals surface area contributed by atoms with E-state index in [1.807, 2.05) is 0 Å². The quantitative estimate of drug-likeness (QED) is 0.446. The fourth-order valence-corrected chi connectivity index (χ4v) is 3.10. The van der Waals surface area contributed by atoms with Crippen LogP contribution in [0.4, 0.5) is 5.95 Å². The van der Waals surface area contributed by atoms with Crippen molar-refractivity contribution in [2.75, 3.05) is 19.5 Å². The molecule has 2 aromatic heterocycles. The van der Waals surface area contributed by atoms with Crippen molar-refractivity contribution in [3.8, 4) is 17.8 Å². The Hall–Kier alpha value is -3.37. The van der Waals surface area contributed by atoms with Crippen molar-refractivity contribution in [3.63, 3.8) is 0 Å². The van der Waals surface area contributed by atoms with E-state index in [0.717, 1.165) is 5.56 Å². The molecule has 0 amide bonds. The lowest BCUT2D eigenvalue weighted by molar-refractivity contribution is -0.137. The van der Waals surface area contributed by atoms with Crippen LogP contribution in [0.25, 0.3) is 0 Å². The van der Waals surface area contributed by atoms with Gasteiger partial charge in [-0.1, -0.05) is 35.3 Å². The summed E-state index contributed by atoms with van der Waals surface area (Å²) in [6.45, 7) is 0.169. The molecule has 0 unspecified atom stereocenters. The van der Waals surface area contributed by atoms with E-state index < -0.39 is 12.0 Å². The maximum absolute atomic E-state index is 11.8. The molecule has 0 saturated heterocycles. The first-order valence-electron chi connectivity index (χ1n) is 9.22. The number of rotatable bonds is 10. The zero-order valence-corrected chi connectivity index (χ0v) is 18.6. The zero-order chi connectivity index (χ0) is 23.1. The molecule has 2 heterocycles. The van der Waals surface area contributed by atoms with Gasteiger partial charge in [0.05, 0.1) is 24.3 Å². The Balaban J connectivity index is 1.66. The van der Waals surface area contributed by atoms with Crippen molar-refractivity contribution in [3.05, 3.63) is 57.8 Å². The number of halogens is 2. The minimum Gasteiger partial charge on any atom is -0.489 e. The van der Waals surface area contributed by atoms with Crippen LogP contribution in [0.15, 0.2) is 36.7 Å². The minimum atomic E-state index is -1.08. The Morgan fingerprint density at radius 1 is 1.03 bits per heavy atom. The molecule has 0 aliphatic heterocycles. The number of aliphatic carboxylic acids is 1. The summed E-state index contributed by atoms with van der Waals surface area (Å²) in [5, 5.41) is 13.2. The molecule has 10 nitrogen and oxygen atoms in total. The number of hydrogen-bond acceptors (Lipinski definition) is 9. The average molecular weight is 480 g/mol. The molecule has 0 radical (unpaired) electrons. The normalized spacial score (nSPS) is 11.5. The second-order valence-electron chi connectivity index (χ2n) is 6.39. The van der Waals surface area contributed by atoms with Gasteiger partial charge in [-0.3, -0.25) is 4.98 Å². The third kappa shape index (κ3) is 6.08. The van der Waals surface area contributed by atoms with Crippen LogP contribution in [-0.4, -0.2) is 51.3 Å². The molecule has 12 heteroatoms. The lowest BCUT2D eigenvalue weighted by Crippen LogP contribution is -2.32. The standard InChI is InChI=1S/C20H19Cl2N5O5/c1-30-19-25-18(26-20(27-19)31-2)24-16(17(28)29)7-11-3-5-12(6-4-11)32-10-13-14(21)8-23-9-15(13)22/h3-6,8-9,16H,7,10H2,1-2H3,(H,28,29)(H,24,25,26,27)/t16-/m0/s1. The number of pyridine rings is 1. The molecule has 1 atom stereocenters. The molecule has 168 valence electrons. The summed E-state index contributed by atoms with van der Waals surface area (Å²) in [6, 6.07) is 5.97. The predicted molar refractivity (Wildman–Crippen MR) is 117 cm³/mol. The van der Waals surface area contributed by atoms with E-state index in [0.29, 0.717) is 21.4 Å². The van der Waals surface area contributed by atoms with Gasteiger partial charge in [0.1, 0.15) is 18.4 Å². The fourth-order valence-electron chi connectivity index (χ4n) is 2.63. The number of carbonyl (C=O) groups is 1. The monoisotopic (exact) mass is 479 g/mol. The third-order valence-electron chi connectivity index (χ3n) is 4.26. The molecule has 2 N–H and O–H groups in total. The van der Waals surface area contributed by atoms with Gasteiger partial charge in [0.25, 0.3) is 0 Å². The van der Waals surface area contributed by atoms with Gasteiger partial charge in [-0.25, -0.2) is 4.79 Å². The molecule has 0 aliphatic rings. The second-order valence-corrected chi connectivity index (χ2v) is 7.20. The van der Waals surface area contributed by atoms with E-state index in [2.05, 4.69) is 25.3 Å². The number of nitrogens with one attached hydrogen (secondary N) is 1. The number of nitrogens with zero attached hydrogens (tertiary/aromatic N) is 4. The van der Waals surface area contributed by atoms with Crippen LogP contribution in [0, 0.1) is 0 Å². The highest BCUT2D eigenvalue weighted by atomic mass is 35.5. The first-order chi connectivity index (χ1) is 15.4. The van der Waals surface area contributed by atoms with Crippen molar-refractivity contribution in [2.45, 2.75) is 19.1 Å². The molecule has 0 aliphatic carbocycles. The lowest BCUT2D eigenvalue weighted by Gasteiger charge is -2.15. The van der Waals surface area contributed by atoms with Crippen LogP contribution in [0.5, 0.6) is 17.8 Å². The number of hydrogen-bond donors (Lipinski definition) is 2. The highest BCUT2D eigenvalue weighted by Gasteiger charge is 2.20. The molecular weight excluding hydrogens is 461 g/mol. The van der Waals surface area contributed by atoms with E-state index in [9.17, 15) is 9.90 Å². The number of benzene rings is 1. The summed E-state index contributed by atoms with van der Waals surface area (Å²) in [5.74, 6) is -0.484. The molecule has 32 heavy (non-hydrogen) atoms. The van der Waals surface area contributed by atoms with Gasteiger partial charge in [0.15, 0.2) is 0 Å². The van der Waals surface area contributed by atoms with Gasteiger partial charge in [0.2, 0.25) is 5.95 Å². The number of carboxylic acid groups (broad SMARTS) is 1. The molecule has 3 rings (SSSR count). The Kier molecular flexibility index (Phi) is 7.85. The van der Waals surface area contributed by atoms with Crippen molar-refractivity contribution >= 4 is 35.1 Å². The number of carboxylic acids is 1. The zero-order valence-electron chi connectivity index (χ0n) is 17.1. The Bertz CT molecular complexity index is 1040. The van der Waals surface area contributed by atoms with Crippen LogP contribution in [0.1, 0.15) is 11.1 Å². The van der Waals surface area contributed by atoms with E-state index in [1.54, 1.807) is 24.3 Å². The number of aromatic nitrogens is 4. The largest absolute Gasteiger partial charge is 0.489 e. The maximum atomic E-state index is 11.8. The molecule has 3 aromatic rings. The van der Waals surface area contributed by atoms with E-state index in [4.69, 9.17) is 37.4 Å². The number of anilines is 1. The fraction of sp³-hybridized carbons (Fsp3) is 0.250. The first kappa shape index (κ1) is 23.3. The Morgan fingerprint density at radius 3 is 2.16 bits per heavy atom. The van der Waals surface area contributed by atoms with E-state index in [1.165, 1.54) is 26.6 Å². The van der Waals surface area contributed by atoms with Crippen LogP contribution in [-0.2, 0) is 17.8 Å². The molecular formula is C20H19Cl2N5O5. The highest BCUT2D eigenvalue weighted by molar-refractivity contribution is 6.35. The average Bonchev–Trinajstić information content (AvgIpc) is 2.79. The summed E-state index contributed by atoms with van der Waals surface area (Å²) in [6.07, 6.45) is 3.14. The Morgan fingerprint density at radius 2 is 1.62 bits per heavy atom. The van der Waals surface area contributed by atoms with Gasteiger partial charge in [-0.15, -0.1) is 4.98 Å². The summed E-state index contributed by atoms with van der Waals surface area (Å²) in [5.41, 5.74) is 1.39. The summed E-state index contributed by atoms with van der Waals surface area (Å²) in [4.78, 5) is 27.5. The summed E-state index contributed by atoms with van der Waals surface area (Å²) < 4.78 is 15.7. The van der Waals surface area contributed by atoms with E-state index >= 15 is 0 Å². The van der Waals surface area contributed by atoms with Gasteiger partial charge < -0.3 is 24.6 Å². The number of methoxy groups -OCH3 is 2. The summed E-state index contributed by atoms with van der Waals surface area (Å²) in [7, 11) is 2.76. The third-order valence-corrected chi connectivity index (χ3v) is 4.91. The molecule has 0 saturated carbocycles. The molecule has 0 spiro atoms. The van der Waals surface area contributed by atoms with Crippen LogP contribution in [0.3, 0.4) is 0 Å². The highest BCUT2D eigenvalue weighted by Crippen LogP contribution is 2.25. The van der Waals surface area contributed by atoms with E-state index in [-0.39, 0.29) is 31.0 Å². The van der Waals surface area contributed by atoms with Crippen LogP contribution >= 0.6 is 23.2 Å². The SMILES string of the molecule is COc1nc(N[C@@H](Cc2ccc(OCc3c(Cl)cncc3Cl)cc2)C(=O)O)nc(OC)n1. The van der Waals surface area contributed by atoms with Crippen molar-refractivity contribution in [1.82, 2.24) is 19.9 Å². The predicted octanol–water partition coefficient (Wildman–Crippen LogP) is 3.28. The minimum absolute atomic E-state index is 0.000561.